The van der Waals surface area contributed by atoms with Crippen LogP contribution in [0.2, 0.25) is 0 Å². The van der Waals surface area contributed by atoms with Crippen LogP contribution in [-0.2, 0) is 10.2 Å². The van der Waals surface area contributed by atoms with E-state index < -0.39 is 0 Å². The third-order valence-corrected chi connectivity index (χ3v) is 4.99. The van der Waals surface area contributed by atoms with Crippen LogP contribution in [0, 0.1) is 6.92 Å². The van der Waals surface area contributed by atoms with Crippen LogP contribution in [0.1, 0.15) is 48.1 Å². The molecule has 2 N–H and O–H groups in total. The number of rotatable bonds is 4. The van der Waals surface area contributed by atoms with Crippen molar-refractivity contribution in [3.8, 4) is 5.75 Å². The predicted molar refractivity (Wildman–Crippen MR) is 101 cm³/mol. The molecule has 25 heavy (non-hydrogen) atoms. The normalized spacial score (nSPS) is 11.1. The maximum atomic E-state index is 12.6. The average molecular weight is 361 g/mol. The first-order chi connectivity index (χ1) is 11.6. The molecule has 0 atom stereocenters. The van der Waals surface area contributed by atoms with Gasteiger partial charge in [0.2, 0.25) is 5.91 Å². The van der Waals surface area contributed by atoms with E-state index in [1.165, 1.54) is 25.4 Å². The molecule has 7 heteroatoms. The minimum atomic E-state index is -0.218. The number of nitrogens with one attached hydrogen (secondary N) is 2. The van der Waals surface area contributed by atoms with Gasteiger partial charge in [0.15, 0.2) is 0 Å². The molecule has 0 fully saturated rings. The lowest BCUT2D eigenvalue weighted by molar-refractivity contribution is -0.114. The Morgan fingerprint density at radius 2 is 1.88 bits per heavy atom. The highest BCUT2D eigenvalue weighted by atomic mass is 32.1. The monoisotopic (exact) mass is 361 g/mol. The van der Waals surface area contributed by atoms with Gasteiger partial charge in [-0.25, -0.2) is 4.98 Å². The molecule has 0 aliphatic rings. The van der Waals surface area contributed by atoms with E-state index in [2.05, 4.69) is 36.4 Å². The highest BCUT2D eigenvalue weighted by Crippen LogP contribution is 2.31. The molecule has 0 saturated heterocycles. The number of methoxy groups -OCH3 is 1. The topological polar surface area (TPSA) is 80.3 Å². The summed E-state index contributed by atoms with van der Waals surface area (Å²) in [5.41, 5.74) is 1.68. The van der Waals surface area contributed by atoms with E-state index in [4.69, 9.17) is 4.74 Å². The zero-order valence-electron chi connectivity index (χ0n) is 15.3. The number of anilines is 2. The molecule has 6 nitrogen and oxygen atoms in total. The number of nitrogens with zero attached hydrogens (tertiary/aromatic N) is 1. The number of carbonyl (C=O) groups excluding carboxylic acids is 2. The van der Waals surface area contributed by atoms with E-state index in [1.54, 1.807) is 18.2 Å². The summed E-state index contributed by atoms with van der Waals surface area (Å²) in [6.07, 6.45) is 0. The minimum Gasteiger partial charge on any atom is -0.495 e. The van der Waals surface area contributed by atoms with Crippen LogP contribution in [0.3, 0.4) is 0 Å². The molecule has 0 aliphatic carbocycles. The van der Waals surface area contributed by atoms with Gasteiger partial charge >= 0.3 is 0 Å². The van der Waals surface area contributed by atoms with Crippen LogP contribution in [0.4, 0.5) is 11.4 Å². The summed E-state index contributed by atoms with van der Waals surface area (Å²) in [6, 6.07) is 5.09. The van der Waals surface area contributed by atoms with Crippen LogP contribution in [-0.4, -0.2) is 23.9 Å². The second kappa shape index (κ2) is 7.23. The number of hydrogen-bond donors (Lipinski definition) is 2. The van der Waals surface area contributed by atoms with Gasteiger partial charge in [-0.05, 0) is 25.1 Å². The minimum absolute atomic E-state index is 0.105. The maximum absolute atomic E-state index is 12.6. The first-order valence-electron chi connectivity index (χ1n) is 7.86. The number of thiazole rings is 1. The van der Waals surface area contributed by atoms with E-state index >= 15 is 0 Å². The average Bonchev–Trinajstić information content (AvgIpc) is 2.89. The molecule has 1 aromatic heterocycles. The third kappa shape index (κ3) is 4.57. The predicted octanol–water partition coefficient (Wildman–Crippen LogP) is 3.97. The zero-order valence-corrected chi connectivity index (χ0v) is 16.1. The Balaban J connectivity index is 2.26. The van der Waals surface area contributed by atoms with E-state index in [9.17, 15) is 9.59 Å². The smallest absolute Gasteiger partial charge is 0.267 e. The molecule has 0 aliphatic heterocycles. The van der Waals surface area contributed by atoms with Gasteiger partial charge in [0.1, 0.15) is 10.6 Å². The second-order valence-electron chi connectivity index (χ2n) is 6.73. The van der Waals surface area contributed by atoms with E-state index in [0.717, 1.165) is 5.01 Å². The summed E-state index contributed by atoms with van der Waals surface area (Å²) in [5, 5.41) is 6.46. The van der Waals surface area contributed by atoms with Crippen molar-refractivity contribution in [2.24, 2.45) is 0 Å². The van der Waals surface area contributed by atoms with Crippen molar-refractivity contribution in [2.45, 2.75) is 40.0 Å². The van der Waals surface area contributed by atoms with Gasteiger partial charge in [-0.15, -0.1) is 11.3 Å². The number of benzene rings is 1. The van der Waals surface area contributed by atoms with Crippen molar-refractivity contribution < 1.29 is 14.3 Å². The Morgan fingerprint density at radius 3 is 2.40 bits per heavy atom. The molecule has 1 heterocycles. The number of aryl methyl sites for hydroxylation is 1. The molecule has 0 saturated carbocycles. The fraction of sp³-hybridized carbons (Fsp3) is 0.389. The van der Waals surface area contributed by atoms with Crippen LogP contribution in [0.5, 0.6) is 5.75 Å². The Bertz CT molecular complexity index is 806. The Kier molecular flexibility index (Phi) is 5.47. The molecule has 0 radical (unpaired) electrons. The number of hydrogen-bond acceptors (Lipinski definition) is 5. The molecule has 0 unspecified atom stereocenters. The quantitative estimate of drug-likeness (QED) is 0.863. The first-order valence-corrected chi connectivity index (χ1v) is 8.68. The summed E-state index contributed by atoms with van der Waals surface area (Å²) < 4.78 is 5.22. The van der Waals surface area contributed by atoms with Crippen LogP contribution < -0.4 is 15.4 Å². The van der Waals surface area contributed by atoms with E-state index in [0.29, 0.717) is 27.7 Å². The van der Waals surface area contributed by atoms with Crippen molar-refractivity contribution in [1.82, 2.24) is 4.98 Å². The largest absolute Gasteiger partial charge is 0.495 e. The van der Waals surface area contributed by atoms with Gasteiger partial charge < -0.3 is 15.4 Å². The molecule has 1 aromatic carbocycles. The molecule has 2 amide bonds. The fourth-order valence-corrected chi connectivity index (χ4v) is 3.21. The molecular weight excluding hydrogens is 338 g/mol. The number of aromatic nitrogens is 1. The maximum Gasteiger partial charge on any atom is 0.267 e. The number of ether oxygens (including phenoxy) is 1. The molecule has 2 aromatic rings. The van der Waals surface area contributed by atoms with E-state index in [-0.39, 0.29) is 17.2 Å². The van der Waals surface area contributed by atoms with Crippen LogP contribution in [0.25, 0.3) is 0 Å². The van der Waals surface area contributed by atoms with Crippen molar-refractivity contribution in [3.05, 3.63) is 33.8 Å². The SMILES string of the molecule is COc1ccc(NC(=O)c2sc(C(C)(C)C)nc2C)cc1NC(C)=O. The third-order valence-electron chi connectivity index (χ3n) is 3.41. The standard InChI is InChI=1S/C18H23N3O3S/c1-10-15(25-17(19-10)18(3,4)5)16(23)21-12-7-8-14(24-6)13(9-12)20-11(2)22/h7-9H,1-6H3,(H,20,22)(H,21,23). The molecule has 0 bridgehead atoms. The summed E-state index contributed by atoms with van der Waals surface area (Å²) in [6.45, 7) is 9.44. The van der Waals surface area contributed by atoms with Gasteiger partial charge in [0.05, 0.1) is 23.5 Å². The van der Waals surface area contributed by atoms with Crippen molar-refractivity contribution in [3.63, 3.8) is 0 Å². The van der Waals surface area contributed by atoms with Crippen molar-refractivity contribution >= 4 is 34.5 Å². The van der Waals surface area contributed by atoms with Gasteiger partial charge in [-0.1, -0.05) is 20.8 Å². The first kappa shape index (κ1) is 18.9. The lowest BCUT2D eigenvalue weighted by Gasteiger charge is -2.13. The van der Waals surface area contributed by atoms with Gasteiger partial charge in [-0.3, -0.25) is 9.59 Å². The lowest BCUT2D eigenvalue weighted by atomic mass is 9.98. The van der Waals surface area contributed by atoms with Gasteiger partial charge in [0.25, 0.3) is 5.91 Å². The lowest BCUT2D eigenvalue weighted by Crippen LogP contribution is -2.13. The van der Waals surface area contributed by atoms with E-state index in [1.807, 2.05) is 6.92 Å². The Morgan fingerprint density at radius 1 is 1.20 bits per heavy atom. The molecular formula is C18H23N3O3S. The number of amides is 2. The van der Waals surface area contributed by atoms with Gasteiger partial charge in [0, 0.05) is 18.0 Å². The zero-order chi connectivity index (χ0) is 18.8. The van der Waals surface area contributed by atoms with Crippen LogP contribution >= 0.6 is 11.3 Å². The second-order valence-corrected chi connectivity index (χ2v) is 7.73. The summed E-state index contributed by atoms with van der Waals surface area (Å²) in [7, 11) is 1.52. The Hall–Kier alpha value is -2.41. The molecule has 2 rings (SSSR count). The van der Waals surface area contributed by atoms with Crippen molar-refractivity contribution in [2.75, 3.05) is 17.7 Å². The highest BCUT2D eigenvalue weighted by Gasteiger charge is 2.23. The fourth-order valence-electron chi connectivity index (χ4n) is 2.19. The summed E-state index contributed by atoms with van der Waals surface area (Å²) >= 11 is 1.40. The molecule has 0 spiro atoms. The number of carbonyl (C=O) groups is 2. The van der Waals surface area contributed by atoms with Crippen LogP contribution in [0.15, 0.2) is 18.2 Å². The highest BCUT2D eigenvalue weighted by molar-refractivity contribution is 7.14. The summed E-state index contributed by atoms with van der Waals surface area (Å²) in [5.74, 6) is 0.0940. The van der Waals surface area contributed by atoms with Crippen molar-refractivity contribution in [1.29, 1.82) is 0 Å². The summed E-state index contributed by atoms with van der Waals surface area (Å²) in [4.78, 5) is 29.0. The molecule has 134 valence electrons. The van der Waals surface area contributed by atoms with Gasteiger partial charge in [-0.2, -0.15) is 0 Å². The Labute approximate surface area is 151 Å².